The normalized spacial score (nSPS) is 13.7. The number of carbonyl (C=O) groups excluding carboxylic acids is 1. The zero-order valence-corrected chi connectivity index (χ0v) is 16.7. The van der Waals surface area contributed by atoms with Crippen molar-refractivity contribution in [1.82, 2.24) is 5.32 Å². The Kier molecular flexibility index (Phi) is 5.64. The van der Waals surface area contributed by atoms with Crippen molar-refractivity contribution < 1.29 is 27.4 Å². The van der Waals surface area contributed by atoms with Crippen molar-refractivity contribution in [3.05, 3.63) is 48.0 Å². The molecule has 0 fully saturated rings. The zero-order chi connectivity index (χ0) is 20.3. The van der Waals surface area contributed by atoms with Gasteiger partial charge in [0, 0.05) is 11.6 Å². The summed E-state index contributed by atoms with van der Waals surface area (Å²) in [5.74, 6) is 1.17. The quantitative estimate of drug-likeness (QED) is 0.757. The summed E-state index contributed by atoms with van der Waals surface area (Å²) in [7, 11) is -2.14. The predicted molar refractivity (Wildman–Crippen MR) is 104 cm³/mol. The molecule has 0 saturated heterocycles. The number of benzene rings is 2. The van der Waals surface area contributed by atoms with Gasteiger partial charge in [0.25, 0.3) is 0 Å². The number of methoxy groups -OCH3 is 1. The molecule has 8 nitrogen and oxygen atoms in total. The van der Waals surface area contributed by atoms with Gasteiger partial charge in [0.05, 0.1) is 25.1 Å². The van der Waals surface area contributed by atoms with Gasteiger partial charge >= 0.3 is 0 Å². The summed E-state index contributed by atoms with van der Waals surface area (Å²) >= 11 is 0. The van der Waals surface area contributed by atoms with E-state index in [-0.39, 0.29) is 19.4 Å². The molecule has 1 N–H and O–H groups in total. The first-order chi connectivity index (χ1) is 13.3. The number of para-hydroxylation sites is 1. The number of nitrogens with one attached hydrogen (secondary N) is 1. The lowest BCUT2D eigenvalue weighted by molar-refractivity contribution is -0.120. The maximum Gasteiger partial charge on any atom is 0.241 e. The minimum Gasteiger partial charge on any atom is -0.496 e. The minimum absolute atomic E-state index is 0.0779. The van der Waals surface area contributed by atoms with Gasteiger partial charge in [-0.2, -0.15) is 0 Å². The molecule has 150 valence electrons. The topological polar surface area (TPSA) is 94.2 Å². The highest BCUT2D eigenvalue weighted by molar-refractivity contribution is 7.92. The number of hydrogen-bond donors (Lipinski definition) is 1. The van der Waals surface area contributed by atoms with Crippen molar-refractivity contribution in [2.45, 2.75) is 13.0 Å². The Labute approximate surface area is 164 Å². The van der Waals surface area contributed by atoms with E-state index >= 15 is 0 Å². The van der Waals surface area contributed by atoms with Crippen LogP contribution in [0.15, 0.2) is 42.5 Å². The Morgan fingerprint density at radius 3 is 2.64 bits per heavy atom. The molecule has 2 aromatic carbocycles. The van der Waals surface area contributed by atoms with Crippen molar-refractivity contribution in [3.63, 3.8) is 0 Å². The number of carbonyl (C=O) groups is 1. The minimum atomic E-state index is -3.69. The van der Waals surface area contributed by atoms with Gasteiger partial charge < -0.3 is 19.5 Å². The van der Waals surface area contributed by atoms with Gasteiger partial charge in [-0.1, -0.05) is 18.2 Å². The van der Waals surface area contributed by atoms with Gasteiger partial charge in [-0.25, -0.2) is 8.42 Å². The summed E-state index contributed by atoms with van der Waals surface area (Å²) in [5.41, 5.74) is 1.12. The van der Waals surface area contributed by atoms with Crippen LogP contribution in [-0.4, -0.2) is 41.0 Å². The highest BCUT2D eigenvalue weighted by Gasteiger charge is 2.24. The van der Waals surface area contributed by atoms with Crippen LogP contribution in [0.3, 0.4) is 0 Å². The summed E-state index contributed by atoms with van der Waals surface area (Å²) in [6.45, 7) is 1.52. The predicted octanol–water partition coefficient (Wildman–Crippen LogP) is 2.07. The molecule has 1 heterocycles. The first kappa shape index (κ1) is 19.8. The Morgan fingerprint density at radius 1 is 1.21 bits per heavy atom. The number of sulfonamides is 1. The van der Waals surface area contributed by atoms with Gasteiger partial charge in [0.1, 0.15) is 12.3 Å². The molecule has 2 aromatic rings. The van der Waals surface area contributed by atoms with Gasteiger partial charge in [-0.3, -0.25) is 9.10 Å². The second-order valence-corrected chi connectivity index (χ2v) is 8.25. The molecular weight excluding hydrogens is 384 g/mol. The number of ether oxygens (including phenoxy) is 3. The van der Waals surface area contributed by atoms with Crippen molar-refractivity contribution in [2.75, 3.05) is 31.0 Å². The number of nitrogens with zero attached hydrogens (tertiary/aromatic N) is 1. The molecule has 9 heteroatoms. The number of amides is 1. The lowest BCUT2D eigenvalue weighted by Crippen LogP contribution is -2.41. The third-order valence-corrected chi connectivity index (χ3v) is 5.46. The van der Waals surface area contributed by atoms with E-state index in [0.717, 1.165) is 16.1 Å². The molecular formula is C19H22N2O6S. The second-order valence-electron chi connectivity index (χ2n) is 6.34. The average Bonchev–Trinajstić information content (AvgIpc) is 3.12. The summed E-state index contributed by atoms with van der Waals surface area (Å²) < 4.78 is 41.4. The Morgan fingerprint density at radius 2 is 1.93 bits per heavy atom. The van der Waals surface area contributed by atoms with E-state index < -0.39 is 15.9 Å². The molecule has 1 aliphatic rings. The van der Waals surface area contributed by atoms with Crippen molar-refractivity contribution in [3.8, 4) is 17.2 Å². The molecule has 1 amide bonds. The average molecular weight is 406 g/mol. The van der Waals surface area contributed by atoms with Crippen LogP contribution >= 0.6 is 0 Å². The number of hydrogen-bond acceptors (Lipinski definition) is 6. The smallest absolute Gasteiger partial charge is 0.241 e. The molecule has 0 aliphatic carbocycles. The maximum atomic E-state index is 12.6. The SMILES string of the molecule is COc1ccccc1[C@@H](C)NC(=O)CN(c1ccc2c(c1)OCO2)S(C)(=O)=O. The first-order valence-corrected chi connectivity index (χ1v) is 10.4. The molecule has 0 radical (unpaired) electrons. The van der Waals surface area contributed by atoms with Crippen LogP contribution in [0, 0.1) is 0 Å². The molecule has 1 aliphatic heterocycles. The van der Waals surface area contributed by atoms with Crippen LogP contribution < -0.4 is 23.8 Å². The lowest BCUT2D eigenvalue weighted by Gasteiger charge is -2.24. The van der Waals surface area contributed by atoms with Gasteiger partial charge in [0.2, 0.25) is 22.7 Å². The van der Waals surface area contributed by atoms with E-state index in [1.54, 1.807) is 38.3 Å². The summed E-state index contributed by atoms with van der Waals surface area (Å²) in [6.07, 6.45) is 1.05. The fourth-order valence-electron chi connectivity index (χ4n) is 2.96. The summed E-state index contributed by atoms with van der Waals surface area (Å²) in [5, 5.41) is 2.81. The van der Waals surface area contributed by atoms with Crippen LogP contribution in [0.25, 0.3) is 0 Å². The van der Waals surface area contributed by atoms with Crippen molar-refractivity contribution in [2.24, 2.45) is 0 Å². The van der Waals surface area contributed by atoms with Crippen LogP contribution in [0.1, 0.15) is 18.5 Å². The standard InChI is InChI=1S/C19H22N2O6S/c1-13(15-6-4-5-7-16(15)25-2)20-19(22)11-21(28(3,23)24)14-8-9-17-18(10-14)27-12-26-17/h4-10,13H,11-12H2,1-3H3,(H,20,22)/t13-/m1/s1. The largest absolute Gasteiger partial charge is 0.496 e. The Bertz CT molecular complexity index is 976. The van der Waals surface area contributed by atoms with E-state index in [9.17, 15) is 13.2 Å². The van der Waals surface area contributed by atoms with Crippen LogP contribution in [-0.2, 0) is 14.8 Å². The maximum absolute atomic E-state index is 12.6. The summed E-state index contributed by atoms with van der Waals surface area (Å²) in [4.78, 5) is 12.6. The van der Waals surface area contributed by atoms with Crippen LogP contribution in [0.5, 0.6) is 17.2 Å². The van der Waals surface area contributed by atoms with Gasteiger partial charge in [-0.05, 0) is 25.1 Å². The third kappa shape index (κ3) is 4.30. The number of anilines is 1. The molecule has 0 saturated carbocycles. The number of rotatable bonds is 7. The van der Waals surface area contributed by atoms with E-state index in [4.69, 9.17) is 14.2 Å². The zero-order valence-electron chi connectivity index (χ0n) is 15.8. The fourth-order valence-corrected chi connectivity index (χ4v) is 3.81. The van der Waals surface area contributed by atoms with E-state index in [0.29, 0.717) is 22.9 Å². The third-order valence-electron chi connectivity index (χ3n) is 4.31. The summed E-state index contributed by atoms with van der Waals surface area (Å²) in [6, 6.07) is 11.7. The molecule has 3 rings (SSSR count). The van der Waals surface area contributed by atoms with Gasteiger partial charge in [-0.15, -0.1) is 0 Å². The van der Waals surface area contributed by atoms with Crippen molar-refractivity contribution in [1.29, 1.82) is 0 Å². The van der Waals surface area contributed by atoms with E-state index in [1.165, 1.54) is 0 Å². The molecule has 0 spiro atoms. The van der Waals surface area contributed by atoms with Crippen molar-refractivity contribution >= 4 is 21.6 Å². The molecule has 0 bridgehead atoms. The van der Waals surface area contributed by atoms with E-state index in [2.05, 4.69) is 5.32 Å². The monoisotopic (exact) mass is 406 g/mol. The molecule has 1 atom stereocenters. The Hall–Kier alpha value is -2.94. The second kappa shape index (κ2) is 7.97. The highest BCUT2D eigenvalue weighted by atomic mass is 32.2. The first-order valence-electron chi connectivity index (χ1n) is 8.59. The molecule has 0 aromatic heterocycles. The highest BCUT2D eigenvalue weighted by Crippen LogP contribution is 2.36. The Balaban J connectivity index is 1.77. The molecule has 0 unspecified atom stereocenters. The number of fused-ring (bicyclic) bond motifs is 1. The van der Waals surface area contributed by atoms with Gasteiger partial charge in [0.15, 0.2) is 11.5 Å². The molecule has 28 heavy (non-hydrogen) atoms. The lowest BCUT2D eigenvalue weighted by atomic mass is 10.1. The van der Waals surface area contributed by atoms with Crippen LogP contribution in [0.2, 0.25) is 0 Å². The fraction of sp³-hybridized carbons (Fsp3) is 0.316. The van der Waals surface area contributed by atoms with E-state index in [1.807, 2.05) is 18.2 Å². The van der Waals surface area contributed by atoms with Crippen LogP contribution in [0.4, 0.5) is 5.69 Å².